The van der Waals surface area contributed by atoms with Gasteiger partial charge in [-0.2, -0.15) is 0 Å². The lowest BCUT2D eigenvalue weighted by Crippen LogP contribution is -2.18. The Labute approximate surface area is 84.4 Å². The summed E-state index contributed by atoms with van der Waals surface area (Å²) in [6.07, 6.45) is 8.36. The maximum absolute atomic E-state index is 2.39. The molecule has 0 fully saturated rings. The normalized spacial score (nSPS) is 18.8. The zero-order valence-electron chi connectivity index (χ0n) is 10.0. The van der Waals surface area contributed by atoms with Crippen LogP contribution in [0.1, 0.15) is 53.9 Å². The first-order valence-electron chi connectivity index (χ1n) is 5.78. The summed E-state index contributed by atoms with van der Waals surface area (Å²) in [7, 11) is 0. The molecule has 0 bridgehead atoms. The molecule has 0 amide bonds. The van der Waals surface area contributed by atoms with Crippen molar-refractivity contribution in [3.8, 4) is 0 Å². The molecule has 3 atom stereocenters. The maximum Gasteiger partial charge on any atom is -0.0322 e. The van der Waals surface area contributed by atoms with Crippen molar-refractivity contribution in [3.05, 3.63) is 12.2 Å². The minimum Gasteiger partial charge on any atom is -0.0917 e. The fourth-order valence-electron chi connectivity index (χ4n) is 2.19. The van der Waals surface area contributed by atoms with Crippen LogP contribution in [0.15, 0.2) is 12.2 Å². The van der Waals surface area contributed by atoms with Crippen LogP contribution in [0.25, 0.3) is 0 Å². The summed E-state index contributed by atoms with van der Waals surface area (Å²) >= 11 is 0. The first kappa shape index (κ1) is 12.7. The van der Waals surface area contributed by atoms with Gasteiger partial charge in [0.1, 0.15) is 0 Å². The van der Waals surface area contributed by atoms with Crippen LogP contribution in [0.3, 0.4) is 0 Å². The fourth-order valence-corrected chi connectivity index (χ4v) is 2.19. The molecule has 0 heteroatoms. The molecule has 0 rings (SSSR count). The zero-order chi connectivity index (χ0) is 10.3. The van der Waals surface area contributed by atoms with Crippen LogP contribution >= 0.6 is 0 Å². The van der Waals surface area contributed by atoms with E-state index in [1.165, 1.54) is 19.3 Å². The van der Waals surface area contributed by atoms with Crippen molar-refractivity contribution in [1.29, 1.82) is 0 Å². The van der Waals surface area contributed by atoms with E-state index in [2.05, 4.69) is 46.8 Å². The Hall–Kier alpha value is -0.260. The Morgan fingerprint density at radius 2 is 1.62 bits per heavy atom. The third kappa shape index (κ3) is 4.50. The number of hydrogen-bond acceptors (Lipinski definition) is 0. The second kappa shape index (κ2) is 7.17. The third-order valence-electron chi connectivity index (χ3n) is 3.32. The lowest BCUT2D eigenvalue weighted by molar-refractivity contribution is 0.242. The summed E-state index contributed by atoms with van der Waals surface area (Å²) in [5.41, 5.74) is 0. The van der Waals surface area contributed by atoms with E-state index >= 15 is 0 Å². The Kier molecular flexibility index (Phi) is 7.03. The van der Waals surface area contributed by atoms with Crippen molar-refractivity contribution in [3.63, 3.8) is 0 Å². The van der Waals surface area contributed by atoms with Crippen molar-refractivity contribution >= 4 is 0 Å². The second-order valence-electron chi connectivity index (χ2n) is 4.24. The van der Waals surface area contributed by atoms with Gasteiger partial charge < -0.3 is 0 Å². The third-order valence-corrected chi connectivity index (χ3v) is 3.32. The summed E-state index contributed by atoms with van der Waals surface area (Å²) in [6.45, 7) is 11.5. The highest BCUT2D eigenvalue weighted by Gasteiger charge is 2.19. The molecule has 0 aliphatic rings. The van der Waals surface area contributed by atoms with Gasteiger partial charge in [0.2, 0.25) is 0 Å². The van der Waals surface area contributed by atoms with Gasteiger partial charge in [-0.3, -0.25) is 0 Å². The van der Waals surface area contributed by atoms with Crippen LogP contribution in [0, 0.1) is 17.8 Å². The van der Waals surface area contributed by atoms with Gasteiger partial charge in [0.25, 0.3) is 0 Å². The molecule has 0 saturated carbocycles. The van der Waals surface area contributed by atoms with Gasteiger partial charge in [0.15, 0.2) is 0 Å². The van der Waals surface area contributed by atoms with Crippen LogP contribution in [0.2, 0.25) is 0 Å². The molecule has 0 spiro atoms. The van der Waals surface area contributed by atoms with Gasteiger partial charge >= 0.3 is 0 Å². The Morgan fingerprint density at radius 3 is 2.00 bits per heavy atom. The monoisotopic (exact) mass is 182 g/mol. The van der Waals surface area contributed by atoms with E-state index in [0.717, 1.165) is 17.8 Å². The van der Waals surface area contributed by atoms with Gasteiger partial charge in [-0.1, -0.05) is 52.7 Å². The molecule has 0 saturated heterocycles. The van der Waals surface area contributed by atoms with Gasteiger partial charge in [0.05, 0.1) is 0 Å². The average molecular weight is 182 g/mol. The molecule has 0 N–H and O–H groups in total. The molecule has 0 radical (unpaired) electrons. The number of hydrogen-bond donors (Lipinski definition) is 0. The van der Waals surface area contributed by atoms with Crippen molar-refractivity contribution < 1.29 is 0 Å². The molecule has 0 aliphatic heterocycles. The van der Waals surface area contributed by atoms with Crippen LogP contribution < -0.4 is 0 Å². The highest BCUT2D eigenvalue weighted by Crippen LogP contribution is 2.28. The van der Waals surface area contributed by atoms with Gasteiger partial charge in [0, 0.05) is 0 Å². The fraction of sp³-hybridized carbons (Fsp3) is 0.846. The van der Waals surface area contributed by atoms with Crippen molar-refractivity contribution in [2.75, 3.05) is 0 Å². The molecular weight excluding hydrogens is 156 g/mol. The molecule has 0 aliphatic carbocycles. The Balaban J connectivity index is 4.05. The van der Waals surface area contributed by atoms with Crippen molar-refractivity contribution in [2.45, 2.75) is 53.9 Å². The minimum absolute atomic E-state index is 0.844. The highest BCUT2D eigenvalue weighted by atomic mass is 14.2. The van der Waals surface area contributed by atoms with Crippen LogP contribution in [0.4, 0.5) is 0 Å². The molecule has 0 aromatic rings. The lowest BCUT2D eigenvalue weighted by atomic mass is 9.79. The Bertz CT molecular complexity index is 135. The van der Waals surface area contributed by atoms with E-state index in [4.69, 9.17) is 0 Å². The van der Waals surface area contributed by atoms with Gasteiger partial charge in [-0.15, -0.1) is 0 Å². The molecule has 13 heavy (non-hydrogen) atoms. The molecule has 78 valence electrons. The molecular formula is C13H26. The molecule has 3 unspecified atom stereocenters. The quantitative estimate of drug-likeness (QED) is 0.524. The summed E-state index contributed by atoms with van der Waals surface area (Å²) in [5.74, 6) is 2.63. The average Bonchev–Trinajstić information content (AvgIpc) is 2.15. The van der Waals surface area contributed by atoms with Crippen LogP contribution in [-0.4, -0.2) is 0 Å². The SMILES string of the molecule is C/C=C/CC(C)C(CC)C(C)CC. The van der Waals surface area contributed by atoms with Crippen LogP contribution in [0.5, 0.6) is 0 Å². The first-order chi connectivity index (χ1) is 6.17. The summed E-state index contributed by atoms with van der Waals surface area (Å²) < 4.78 is 0. The van der Waals surface area contributed by atoms with Crippen molar-refractivity contribution in [2.24, 2.45) is 17.8 Å². The predicted octanol–water partition coefficient (Wildman–Crippen LogP) is 4.66. The summed E-state index contributed by atoms with van der Waals surface area (Å²) in [5, 5.41) is 0. The van der Waals surface area contributed by atoms with E-state index in [0.29, 0.717) is 0 Å². The Morgan fingerprint density at radius 1 is 1.00 bits per heavy atom. The van der Waals surface area contributed by atoms with E-state index in [1.807, 2.05) is 0 Å². The predicted molar refractivity (Wildman–Crippen MR) is 61.8 cm³/mol. The second-order valence-corrected chi connectivity index (χ2v) is 4.24. The van der Waals surface area contributed by atoms with E-state index in [-0.39, 0.29) is 0 Å². The van der Waals surface area contributed by atoms with Crippen LogP contribution in [-0.2, 0) is 0 Å². The standard InChI is InChI=1S/C13H26/c1-6-9-10-12(5)13(8-3)11(4)7-2/h6,9,11-13H,7-8,10H2,1-5H3/b9-6+. The molecule has 0 aromatic heterocycles. The molecule has 0 aromatic carbocycles. The number of allylic oxidation sites excluding steroid dienone is 2. The minimum atomic E-state index is 0.844. The first-order valence-corrected chi connectivity index (χ1v) is 5.78. The topological polar surface area (TPSA) is 0 Å². The van der Waals surface area contributed by atoms with E-state index < -0.39 is 0 Å². The summed E-state index contributed by atoms with van der Waals surface area (Å²) in [4.78, 5) is 0. The largest absolute Gasteiger partial charge is 0.0917 e. The van der Waals surface area contributed by atoms with Gasteiger partial charge in [-0.25, -0.2) is 0 Å². The maximum atomic E-state index is 2.39. The van der Waals surface area contributed by atoms with Gasteiger partial charge in [-0.05, 0) is 31.1 Å². The van der Waals surface area contributed by atoms with E-state index in [1.54, 1.807) is 0 Å². The molecule has 0 heterocycles. The van der Waals surface area contributed by atoms with Crippen molar-refractivity contribution in [1.82, 2.24) is 0 Å². The highest BCUT2D eigenvalue weighted by molar-refractivity contribution is 4.82. The molecule has 0 nitrogen and oxygen atoms in total. The van der Waals surface area contributed by atoms with E-state index in [9.17, 15) is 0 Å². The zero-order valence-corrected chi connectivity index (χ0v) is 10.0. The number of rotatable bonds is 6. The summed E-state index contributed by atoms with van der Waals surface area (Å²) in [6, 6.07) is 0. The smallest absolute Gasteiger partial charge is 0.0322 e. The lowest BCUT2D eigenvalue weighted by Gasteiger charge is -2.27.